The number of nitrogens with two attached hydrogens (primary N) is 2. The van der Waals surface area contributed by atoms with Crippen molar-refractivity contribution < 1.29 is 14.3 Å². The van der Waals surface area contributed by atoms with Gasteiger partial charge in [-0.05, 0) is 38.0 Å². The number of nitrogen functional groups attached to an aromatic ring is 1. The molecule has 0 aliphatic carbocycles. The first-order valence-electron chi connectivity index (χ1n) is 7.13. The Hall–Kier alpha value is -2.24. The molecule has 2 rings (SSSR count). The lowest BCUT2D eigenvalue weighted by Crippen LogP contribution is -2.41. The van der Waals surface area contributed by atoms with Crippen molar-refractivity contribution in [3.05, 3.63) is 23.8 Å². The molecule has 0 atom stereocenters. The number of ether oxygens (including phenoxy) is 1. The standard InChI is InChI=1S/C15H21N3O3/c1-2-21-13-9-11(3-4-12(13)16)15(20)18-7-5-10(6-8-18)14(17)19/h3-4,9-10H,2,5-8,16H2,1H3,(H2,17,19). The summed E-state index contributed by atoms with van der Waals surface area (Å²) in [6.07, 6.45) is 1.24. The number of benzene rings is 1. The number of anilines is 1. The maximum Gasteiger partial charge on any atom is 0.253 e. The Morgan fingerprint density at radius 3 is 2.57 bits per heavy atom. The Balaban J connectivity index is 2.07. The van der Waals surface area contributed by atoms with Crippen LogP contribution in [0.3, 0.4) is 0 Å². The summed E-state index contributed by atoms with van der Waals surface area (Å²) in [6, 6.07) is 5.04. The molecule has 21 heavy (non-hydrogen) atoms. The lowest BCUT2D eigenvalue weighted by molar-refractivity contribution is -0.123. The van der Waals surface area contributed by atoms with E-state index < -0.39 is 0 Å². The third kappa shape index (κ3) is 3.45. The molecule has 4 N–H and O–H groups in total. The molecule has 1 aromatic carbocycles. The molecule has 0 unspecified atom stereocenters. The summed E-state index contributed by atoms with van der Waals surface area (Å²) >= 11 is 0. The second-order valence-corrected chi connectivity index (χ2v) is 5.15. The number of likely N-dealkylation sites (tertiary alicyclic amines) is 1. The Bertz CT molecular complexity index is 537. The summed E-state index contributed by atoms with van der Waals surface area (Å²) < 4.78 is 5.41. The van der Waals surface area contributed by atoms with Gasteiger partial charge in [0.1, 0.15) is 5.75 Å². The Labute approximate surface area is 124 Å². The van der Waals surface area contributed by atoms with E-state index in [0.717, 1.165) is 0 Å². The first-order chi connectivity index (χ1) is 10.0. The Kier molecular flexibility index (Phi) is 4.67. The van der Waals surface area contributed by atoms with Crippen LogP contribution in [-0.2, 0) is 4.79 Å². The van der Waals surface area contributed by atoms with E-state index in [9.17, 15) is 9.59 Å². The van der Waals surface area contributed by atoms with Crippen molar-refractivity contribution in [3.8, 4) is 5.75 Å². The zero-order chi connectivity index (χ0) is 15.4. The lowest BCUT2D eigenvalue weighted by Gasteiger charge is -2.30. The van der Waals surface area contributed by atoms with Gasteiger partial charge in [0.15, 0.2) is 0 Å². The molecule has 1 aliphatic rings. The van der Waals surface area contributed by atoms with Crippen molar-refractivity contribution >= 4 is 17.5 Å². The van der Waals surface area contributed by atoms with E-state index >= 15 is 0 Å². The van der Waals surface area contributed by atoms with Crippen LogP contribution in [0.5, 0.6) is 5.75 Å². The zero-order valence-corrected chi connectivity index (χ0v) is 12.2. The predicted octanol–water partition coefficient (Wildman–Crippen LogP) is 1.00. The number of carbonyl (C=O) groups is 2. The highest BCUT2D eigenvalue weighted by molar-refractivity contribution is 5.95. The minimum atomic E-state index is -0.284. The van der Waals surface area contributed by atoms with Crippen molar-refractivity contribution in [3.63, 3.8) is 0 Å². The Morgan fingerprint density at radius 1 is 1.33 bits per heavy atom. The quantitative estimate of drug-likeness (QED) is 0.809. The average Bonchev–Trinajstić information content (AvgIpc) is 2.49. The van der Waals surface area contributed by atoms with Gasteiger partial charge in [-0.3, -0.25) is 9.59 Å². The minimum absolute atomic E-state index is 0.0705. The van der Waals surface area contributed by atoms with Gasteiger partial charge < -0.3 is 21.1 Å². The van der Waals surface area contributed by atoms with Crippen molar-refractivity contribution in [1.29, 1.82) is 0 Å². The van der Waals surface area contributed by atoms with Gasteiger partial charge in [0, 0.05) is 24.6 Å². The highest BCUT2D eigenvalue weighted by atomic mass is 16.5. The van der Waals surface area contributed by atoms with Gasteiger partial charge >= 0.3 is 0 Å². The largest absolute Gasteiger partial charge is 0.492 e. The van der Waals surface area contributed by atoms with Gasteiger partial charge in [0.05, 0.1) is 12.3 Å². The van der Waals surface area contributed by atoms with Crippen molar-refractivity contribution in [1.82, 2.24) is 4.90 Å². The molecule has 1 fully saturated rings. The number of primary amides is 1. The maximum atomic E-state index is 12.5. The van der Waals surface area contributed by atoms with E-state index in [1.165, 1.54) is 0 Å². The monoisotopic (exact) mass is 291 g/mol. The normalized spacial score (nSPS) is 15.8. The van der Waals surface area contributed by atoms with E-state index in [0.29, 0.717) is 49.5 Å². The number of rotatable bonds is 4. The summed E-state index contributed by atoms with van der Waals surface area (Å²) in [6.45, 7) is 3.44. The molecule has 1 heterocycles. The lowest BCUT2D eigenvalue weighted by atomic mass is 9.96. The van der Waals surface area contributed by atoms with Crippen LogP contribution in [0.1, 0.15) is 30.1 Å². The fourth-order valence-electron chi connectivity index (χ4n) is 2.50. The van der Waals surface area contributed by atoms with Gasteiger partial charge in [-0.15, -0.1) is 0 Å². The van der Waals surface area contributed by atoms with Crippen molar-refractivity contribution in [2.24, 2.45) is 11.7 Å². The predicted molar refractivity (Wildman–Crippen MR) is 79.8 cm³/mol. The number of hydrogen-bond donors (Lipinski definition) is 2. The second kappa shape index (κ2) is 6.47. The molecule has 0 radical (unpaired) electrons. The zero-order valence-electron chi connectivity index (χ0n) is 12.2. The fourth-order valence-corrected chi connectivity index (χ4v) is 2.50. The molecule has 0 aromatic heterocycles. The van der Waals surface area contributed by atoms with E-state index in [1.807, 2.05) is 6.92 Å². The number of amides is 2. The smallest absolute Gasteiger partial charge is 0.253 e. The van der Waals surface area contributed by atoms with Crippen LogP contribution < -0.4 is 16.2 Å². The highest BCUT2D eigenvalue weighted by Gasteiger charge is 2.26. The molecule has 2 amide bonds. The van der Waals surface area contributed by atoms with E-state index in [4.69, 9.17) is 16.2 Å². The molecule has 6 heteroatoms. The van der Waals surface area contributed by atoms with Crippen LogP contribution in [0.15, 0.2) is 18.2 Å². The van der Waals surface area contributed by atoms with Crippen LogP contribution in [-0.4, -0.2) is 36.4 Å². The molecule has 1 saturated heterocycles. The summed E-state index contributed by atoms with van der Waals surface area (Å²) in [5, 5.41) is 0. The third-order valence-electron chi connectivity index (χ3n) is 3.74. The van der Waals surface area contributed by atoms with Gasteiger partial charge in [0.25, 0.3) is 5.91 Å². The summed E-state index contributed by atoms with van der Waals surface area (Å²) in [7, 11) is 0. The molecule has 0 bridgehead atoms. The van der Waals surface area contributed by atoms with Gasteiger partial charge in [-0.1, -0.05) is 0 Å². The van der Waals surface area contributed by atoms with Gasteiger partial charge in [-0.2, -0.15) is 0 Å². The van der Waals surface area contributed by atoms with E-state index in [2.05, 4.69) is 0 Å². The van der Waals surface area contributed by atoms with Crippen molar-refractivity contribution in [2.75, 3.05) is 25.4 Å². The fraction of sp³-hybridized carbons (Fsp3) is 0.467. The maximum absolute atomic E-state index is 12.5. The highest BCUT2D eigenvalue weighted by Crippen LogP contribution is 2.25. The SMILES string of the molecule is CCOc1cc(C(=O)N2CCC(C(N)=O)CC2)ccc1N. The molecule has 1 aromatic rings. The molecular weight excluding hydrogens is 270 g/mol. The summed E-state index contributed by atoms with van der Waals surface area (Å²) in [5.74, 6) is 0.0434. The van der Waals surface area contributed by atoms with E-state index in [-0.39, 0.29) is 17.7 Å². The number of carbonyl (C=O) groups excluding carboxylic acids is 2. The van der Waals surface area contributed by atoms with Crippen LogP contribution in [0, 0.1) is 5.92 Å². The average molecular weight is 291 g/mol. The molecular formula is C15H21N3O3. The topological polar surface area (TPSA) is 98.6 Å². The van der Waals surface area contributed by atoms with Crippen molar-refractivity contribution in [2.45, 2.75) is 19.8 Å². The molecule has 114 valence electrons. The van der Waals surface area contributed by atoms with E-state index in [1.54, 1.807) is 23.1 Å². The number of nitrogens with zero attached hydrogens (tertiary/aromatic N) is 1. The van der Waals surface area contributed by atoms with Gasteiger partial charge in [-0.25, -0.2) is 0 Å². The molecule has 1 aliphatic heterocycles. The summed E-state index contributed by atoms with van der Waals surface area (Å²) in [5.41, 5.74) is 12.2. The van der Waals surface area contributed by atoms with Crippen LogP contribution >= 0.6 is 0 Å². The Morgan fingerprint density at radius 2 is 2.00 bits per heavy atom. The van der Waals surface area contributed by atoms with Crippen LogP contribution in [0.4, 0.5) is 5.69 Å². The molecule has 0 saturated carbocycles. The van der Waals surface area contributed by atoms with Gasteiger partial charge in [0.2, 0.25) is 5.91 Å². The second-order valence-electron chi connectivity index (χ2n) is 5.15. The number of piperidine rings is 1. The van der Waals surface area contributed by atoms with Crippen LogP contribution in [0.2, 0.25) is 0 Å². The summed E-state index contributed by atoms with van der Waals surface area (Å²) in [4.78, 5) is 25.3. The first kappa shape index (κ1) is 15.2. The number of hydrogen-bond acceptors (Lipinski definition) is 4. The molecule has 6 nitrogen and oxygen atoms in total. The molecule has 0 spiro atoms. The first-order valence-corrected chi connectivity index (χ1v) is 7.13. The van der Waals surface area contributed by atoms with Crippen LogP contribution in [0.25, 0.3) is 0 Å². The third-order valence-corrected chi connectivity index (χ3v) is 3.74. The minimum Gasteiger partial charge on any atom is -0.492 e.